The number of thioether (sulfide) groups is 1. The van der Waals surface area contributed by atoms with Crippen LogP contribution in [0.4, 0.5) is 5.69 Å². The number of H-pyrrole nitrogens is 1. The van der Waals surface area contributed by atoms with Crippen LogP contribution in [-0.4, -0.2) is 28.7 Å². The molecule has 2 aliphatic heterocycles. The van der Waals surface area contributed by atoms with Gasteiger partial charge in [-0.2, -0.15) is 0 Å². The van der Waals surface area contributed by atoms with E-state index in [1.165, 1.54) is 16.7 Å². The van der Waals surface area contributed by atoms with Gasteiger partial charge < -0.3 is 9.72 Å². The van der Waals surface area contributed by atoms with E-state index >= 15 is 0 Å². The van der Waals surface area contributed by atoms with Crippen molar-refractivity contribution in [2.24, 2.45) is 5.92 Å². The lowest BCUT2D eigenvalue weighted by atomic mass is 9.88. The molecule has 0 spiro atoms. The zero-order valence-electron chi connectivity index (χ0n) is 17.2. The Bertz CT molecular complexity index is 1250. The molecule has 3 heterocycles. The third-order valence-electron chi connectivity index (χ3n) is 5.57. The summed E-state index contributed by atoms with van der Waals surface area (Å²) in [6.45, 7) is 2.44. The molecule has 3 atom stereocenters. The number of rotatable bonds is 5. The number of benzene rings is 2. The number of thiazole rings is 1. The number of allylic oxidation sites excluding steroid dienone is 1. The maximum Gasteiger partial charge on any atom is 0.305 e. The summed E-state index contributed by atoms with van der Waals surface area (Å²) in [4.78, 5) is 43.7. The van der Waals surface area contributed by atoms with Gasteiger partial charge in [-0.25, -0.2) is 4.90 Å². The quantitative estimate of drug-likeness (QED) is 0.570. The highest BCUT2D eigenvalue weighted by molar-refractivity contribution is 8.00. The Morgan fingerprint density at radius 2 is 1.78 bits per heavy atom. The van der Waals surface area contributed by atoms with Gasteiger partial charge in [0.15, 0.2) is 0 Å². The van der Waals surface area contributed by atoms with Crippen molar-refractivity contribution in [3.8, 4) is 5.75 Å². The first-order valence-corrected chi connectivity index (χ1v) is 12.0. The van der Waals surface area contributed by atoms with E-state index in [2.05, 4.69) is 4.98 Å². The van der Waals surface area contributed by atoms with Crippen LogP contribution in [-0.2, 0) is 9.59 Å². The van der Waals surface area contributed by atoms with Crippen LogP contribution in [0.3, 0.4) is 0 Å². The van der Waals surface area contributed by atoms with Gasteiger partial charge in [-0.3, -0.25) is 14.4 Å². The molecule has 162 valence electrons. The number of fused-ring (bicyclic) bond motifs is 2. The highest BCUT2D eigenvalue weighted by atomic mass is 32.2. The smallest absolute Gasteiger partial charge is 0.305 e. The molecule has 0 aliphatic carbocycles. The van der Waals surface area contributed by atoms with E-state index in [4.69, 9.17) is 4.74 Å². The van der Waals surface area contributed by atoms with Crippen LogP contribution in [0.2, 0.25) is 0 Å². The molecular weight excluding hydrogens is 444 g/mol. The zero-order chi connectivity index (χ0) is 22.2. The molecule has 1 N–H and O–H groups in total. The van der Waals surface area contributed by atoms with Crippen LogP contribution in [0, 0.1) is 5.92 Å². The molecule has 1 fully saturated rings. The minimum Gasteiger partial charge on any atom is -0.494 e. The Balaban J connectivity index is 1.52. The second kappa shape index (κ2) is 8.44. The van der Waals surface area contributed by atoms with Crippen LogP contribution in [0.5, 0.6) is 5.75 Å². The number of anilines is 1. The molecule has 0 bridgehead atoms. The van der Waals surface area contributed by atoms with Crippen molar-refractivity contribution in [1.29, 1.82) is 0 Å². The Morgan fingerprint density at radius 1 is 1.03 bits per heavy atom. The molecule has 5 rings (SSSR count). The molecule has 1 aromatic heterocycles. The topological polar surface area (TPSA) is 79.5 Å². The van der Waals surface area contributed by atoms with E-state index in [-0.39, 0.29) is 22.6 Å². The second-order valence-corrected chi connectivity index (χ2v) is 9.67. The highest BCUT2D eigenvalue weighted by Gasteiger charge is 2.55. The summed E-state index contributed by atoms with van der Waals surface area (Å²) in [6.07, 6.45) is 3.89. The molecule has 6 nitrogen and oxygen atoms in total. The van der Waals surface area contributed by atoms with Gasteiger partial charge in [-0.05, 0) is 36.8 Å². The SMILES string of the molecule is CCOc1ccc(N2C(=O)[C@H]3[C@H](Sc4[nH]c(=O)sc4[C@@H]3/C=C/c3ccccc3)C2=O)cc1. The van der Waals surface area contributed by atoms with Crippen molar-refractivity contribution < 1.29 is 14.3 Å². The molecule has 0 radical (unpaired) electrons. The summed E-state index contributed by atoms with van der Waals surface area (Å²) in [5.41, 5.74) is 1.52. The molecule has 32 heavy (non-hydrogen) atoms. The van der Waals surface area contributed by atoms with Crippen LogP contribution >= 0.6 is 23.1 Å². The average molecular weight is 465 g/mol. The van der Waals surface area contributed by atoms with Crippen LogP contribution < -0.4 is 14.5 Å². The zero-order valence-corrected chi connectivity index (χ0v) is 18.8. The molecule has 0 unspecified atom stereocenters. The van der Waals surface area contributed by atoms with E-state index < -0.39 is 11.2 Å². The Hall–Kier alpha value is -3.10. The summed E-state index contributed by atoms with van der Waals surface area (Å²) in [7, 11) is 0. The van der Waals surface area contributed by atoms with Gasteiger partial charge >= 0.3 is 4.87 Å². The number of aromatic amines is 1. The predicted octanol–water partition coefficient (Wildman–Crippen LogP) is 4.30. The molecular formula is C24H20N2O4S2. The monoisotopic (exact) mass is 464 g/mol. The van der Waals surface area contributed by atoms with Crippen LogP contribution in [0.1, 0.15) is 23.3 Å². The third kappa shape index (κ3) is 3.59. The van der Waals surface area contributed by atoms with Crippen molar-refractivity contribution in [2.45, 2.75) is 23.1 Å². The van der Waals surface area contributed by atoms with Gasteiger partial charge in [-0.15, -0.1) is 0 Å². The van der Waals surface area contributed by atoms with Gasteiger partial charge in [0.1, 0.15) is 11.0 Å². The second-order valence-electron chi connectivity index (χ2n) is 7.51. The molecule has 3 aromatic rings. The van der Waals surface area contributed by atoms with Crippen molar-refractivity contribution in [3.63, 3.8) is 0 Å². The number of hydrogen-bond donors (Lipinski definition) is 1. The van der Waals surface area contributed by atoms with Gasteiger partial charge in [0.25, 0.3) is 0 Å². The van der Waals surface area contributed by atoms with Crippen molar-refractivity contribution >= 4 is 46.7 Å². The maximum atomic E-state index is 13.5. The van der Waals surface area contributed by atoms with Crippen molar-refractivity contribution in [2.75, 3.05) is 11.5 Å². The van der Waals surface area contributed by atoms with Crippen LogP contribution in [0.15, 0.2) is 70.5 Å². The highest BCUT2D eigenvalue weighted by Crippen LogP contribution is 2.51. The minimum atomic E-state index is -0.586. The number of hydrogen-bond acceptors (Lipinski definition) is 6. The molecule has 2 aromatic carbocycles. The number of carbonyl (C=O) groups is 2. The first-order chi connectivity index (χ1) is 15.6. The number of imide groups is 1. The third-order valence-corrected chi connectivity index (χ3v) is 7.99. The molecule has 2 amide bonds. The summed E-state index contributed by atoms with van der Waals surface area (Å²) in [6, 6.07) is 16.7. The summed E-state index contributed by atoms with van der Waals surface area (Å²) in [5.74, 6) is -0.746. The number of ether oxygens (including phenoxy) is 1. The average Bonchev–Trinajstić information content (AvgIpc) is 3.29. The fourth-order valence-corrected chi connectivity index (χ4v) is 6.64. The fourth-order valence-electron chi connectivity index (χ4n) is 4.16. The molecule has 1 saturated heterocycles. The normalized spacial score (nSPS) is 22.3. The summed E-state index contributed by atoms with van der Waals surface area (Å²) in [5, 5.41) is 0.0934. The van der Waals surface area contributed by atoms with Crippen LogP contribution in [0.25, 0.3) is 6.08 Å². The Morgan fingerprint density at radius 3 is 2.50 bits per heavy atom. The lowest BCUT2D eigenvalue weighted by molar-refractivity contribution is -0.122. The number of nitrogens with one attached hydrogen (secondary N) is 1. The first-order valence-electron chi connectivity index (χ1n) is 10.3. The first kappa shape index (κ1) is 20.8. The van der Waals surface area contributed by atoms with Crippen molar-refractivity contribution in [3.05, 3.63) is 80.8 Å². The van der Waals surface area contributed by atoms with Gasteiger partial charge in [0.2, 0.25) is 11.8 Å². The number of nitrogens with zero attached hydrogens (tertiary/aromatic N) is 1. The molecule has 0 saturated carbocycles. The summed E-state index contributed by atoms with van der Waals surface area (Å²) < 4.78 is 5.47. The molecule has 2 aliphatic rings. The standard InChI is InChI=1S/C24H20N2O4S2/c1-2-30-16-11-9-15(10-12-16)26-22(27)18-17(13-8-14-6-4-3-5-7-14)19-21(25-24(29)32-19)31-20(18)23(26)28/h3-13,17-18,20H,2H2,1H3,(H,25,29)/b13-8+/t17-,18-,20+/m1/s1. The fraction of sp³-hybridized carbons (Fsp3) is 0.208. The predicted molar refractivity (Wildman–Crippen MR) is 126 cm³/mol. The number of amides is 2. The number of aromatic nitrogens is 1. The minimum absolute atomic E-state index is 0.177. The van der Waals surface area contributed by atoms with E-state index in [9.17, 15) is 14.4 Å². The summed E-state index contributed by atoms with van der Waals surface area (Å²) >= 11 is 2.39. The van der Waals surface area contributed by atoms with Gasteiger partial charge in [-0.1, -0.05) is 65.6 Å². The number of carbonyl (C=O) groups excluding carboxylic acids is 2. The van der Waals surface area contributed by atoms with E-state index in [0.717, 1.165) is 21.8 Å². The van der Waals surface area contributed by atoms with E-state index in [1.807, 2.05) is 49.4 Å². The lowest BCUT2D eigenvalue weighted by Gasteiger charge is -2.27. The largest absolute Gasteiger partial charge is 0.494 e. The Labute approximate surface area is 192 Å². The molecule has 8 heteroatoms. The van der Waals surface area contributed by atoms with Gasteiger partial charge in [0, 0.05) is 10.8 Å². The van der Waals surface area contributed by atoms with E-state index in [1.54, 1.807) is 24.3 Å². The Kier molecular flexibility index (Phi) is 5.48. The lowest BCUT2D eigenvalue weighted by Crippen LogP contribution is -2.31. The maximum absolute atomic E-state index is 13.5. The van der Waals surface area contributed by atoms with E-state index in [0.29, 0.717) is 23.1 Å². The van der Waals surface area contributed by atoms with Crippen molar-refractivity contribution in [1.82, 2.24) is 4.98 Å². The van der Waals surface area contributed by atoms with Gasteiger partial charge in [0.05, 0.1) is 23.2 Å².